The first kappa shape index (κ1) is 14.2. The van der Waals surface area contributed by atoms with Crippen LogP contribution in [0.4, 0.5) is 5.69 Å². The maximum absolute atomic E-state index is 11.7. The molecule has 0 aliphatic carbocycles. The minimum atomic E-state index is -0.314. The smallest absolute Gasteiger partial charge is 0.337 e. The number of methoxy groups -OCH3 is 1. The van der Waals surface area contributed by atoms with E-state index in [9.17, 15) is 4.79 Å². The molecule has 0 unspecified atom stereocenters. The maximum Gasteiger partial charge on any atom is 0.337 e. The molecular formula is C18H18N2O2. The Bertz CT molecular complexity index is 793. The number of carbonyl (C=O) groups excluding carboxylic acids is 1. The number of fused-ring (bicyclic) bond motifs is 1. The van der Waals surface area contributed by atoms with Gasteiger partial charge in [0.2, 0.25) is 0 Å². The van der Waals surface area contributed by atoms with Crippen molar-refractivity contribution in [3.63, 3.8) is 0 Å². The molecule has 0 spiro atoms. The summed E-state index contributed by atoms with van der Waals surface area (Å²) in [6, 6.07) is 15.8. The molecule has 2 aromatic carbocycles. The second kappa shape index (κ2) is 5.93. The molecule has 1 N–H and O–H groups in total. The third-order valence-electron chi connectivity index (χ3n) is 3.79. The van der Waals surface area contributed by atoms with Crippen LogP contribution in [0.15, 0.2) is 54.7 Å². The van der Waals surface area contributed by atoms with Gasteiger partial charge in [0.25, 0.3) is 0 Å². The van der Waals surface area contributed by atoms with Crippen LogP contribution in [0.5, 0.6) is 0 Å². The van der Waals surface area contributed by atoms with Gasteiger partial charge in [-0.15, -0.1) is 0 Å². The summed E-state index contributed by atoms with van der Waals surface area (Å²) in [4.78, 5) is 17.1. The topological polar surface area (TPSA) is 45.3 Å². The fourth-order valence-corrected chi connectivity index (χ4v) is 2.58. The number of hydrogen-bond donors (Lipinski definition) is 1. The summed E-state index contributed by atoms with van der Waals surface area (Å²) in [6.07, 6.45) is 1.99. The lowest BCUT2D eigenvalue weighted by atomic mass is 10.1. The summed E-state index contributed by atoms with van der Waals surface area (Å²) in [7, 11) is 3.45. The third-order valence-corrected chi connectivity index (χ3v) is 3.79. The van der Waals surface area contributed by atoms with E-state index < -0.39 is 0 Å². The Morgan fingerprint density at radius 1 is 1.18 bits per heavy atom. The largest absolute Gasteiger partial charge is 0.465 e. The van der Waals surface area contributed by atoms with Crippen LogP contribution < -0.4 is 4.90 Å². The summed E-state index contributed by atoms with van der Waals surface area (Å²) in [6.45, 7) is 0.759. The van der Waals surface area contributed by atoms with Crippen molar-refractivity contribution in [2.75, 3.05) is 19.1 Å². The second-order valence-corrected chi connectivity index (χ2v) is 5.26. The number of rotatable bonds is 4. The summed E-state index contributed by atoms with van der Waals surface area (Å²) >= 11 is 0. The average Bonchev–Trinajstić information content (AvgIpc) is 2.97. The van der Waals surface area contributed by atoms with Crippen molar-refractivity contribution < 1.29 is 9.53 Å². The standard InChI is InChI=1S/C18H18N2O2/c1-20(15-6-4-3-5-7-15)12-14-11-19-17-9-8-13(10-16(14)17)18(21)22-2/h3-11,19H,12H2,1-2H3. The number of nitrogens with one attached hydrogen (secondary N) is 1. The fraction of sp³-hybridized carbons (Fsp3) is 0.167. The second-order valence-electron chi connectivity index (χ2n) is 5.26. The molecule has 0 fully saturated rings. The Morgan fingerprint density at radius 3 is 2.68 bits per heavy atom. The van der Waals surface area contributed by atoms with Gasteiger partial charge in [-0.05, 0) is 35.9 Å². The van der Waals surface area contributed by atoms with Crippen LogP contribution in [-0.4, -0.2) is 25.1 Å². The van der Waals surface area contributed by atoms with E-state index in [1.807, 2.05) is 36.5 Å². The van der Waals surface area contributed by atoms with E-state index >= 15 is 0 Å². The van der Waals surface area contributed by atoms with E-state index in [-0.39, 0.29) is 5.97 Å². The Hall–Kier alpha value is -2.75. The quantitative estimate of drug-likeness (QED) is 0.748. The Morgan fingerprint density at radius 2 is 1.95 bits per heavy atom. The highest BCUT2D eigenvalue weighted by molar-refractivity contribution is 5.95. The number of hydrogen-bond acceptors (Lipinski definition) is 3. The maximum atomic E-state index is 11.7. The van der Waals surface area contributed by atoms with Crippen molar-refractivity contribution in [1.82, 2.24) is 4.98 Å². The molecule has 1 aromatic heterocycles. The number of para-hydroxylation sites is 1. The van der Waals surface area contributed by atoms with E-state index in [0.717, 1.165) is 28.7 Å². The van der Waals surface area contributed by atoms with Gasteiger partial charge in [0, 0.05) is 36.4 Å². The van der Waals surface area contributed by atoms with Crippen LogP contribution in [0.2, 0.25) is 0 Å². The fourth-order valence-electron chi connectivity index (χ4n) is 2.58. The normalized spacial score (nSPS) is 10.6. The lowest BCUT2D eigenvalue weighted by molar-refractivity contribution is 0.0601. The van der Waals surface area contributed by atoms with Gasteiger partial charge in [0.1, 0.15) is 0 Å². The highest BCUT2D eigenvalue weighted by atomic mass is 16.5. The summed E-state index contributed by atoms with van der Waals surface area (Å²) in [5, 5.41) is 1.05. The SMILES string of the molecule is COC(=O)c1ccc2[nH]cc(CN(C)c3ccccc3)c2c1. The Kier molecular flexibility index (Phi) is 3.83. The van der Waals surface area contributed by atoms with Crippen molar-refractivity contribution in [1.29, 1.82) is 0 Å². The summed E-state index contributed by atoms with van der Waals surface area (Å²) in [5.74, 6) is -0.314. The van der Waals surface area contributed by atoms with Gasteiger partial charge in [-0.25, -0.2) is 4.79 Å². The van der Waals surface area contributed by atoms with Crippen LogP contribution in [0.25, 0.3) is 10.9 Å². The van der Waals surface area contributed by atoms with Crippen LogP contribution >= 0.6 is 0 Å². The van der Waals surface area contributed by atoms with E-state index in [2.05, 4.69) is 29.1 Å². The number of H-pyrrole nitrogens is 1. The highest BCUT2D eigenvalue weighted by Crippen LogP contribution is 2.23. The number of benzene rings is 2. The van der Waals surface area contributed by atoms with E-state index in [1.54, 1.807) is 6.07 Å². The number of esters is 1. The highest BCUT2D eigenvalue weighted by Gasteiger charge is 2.11. The van der Waals surface area contributed by atoms with Gasteiger partial charge in [0.05, 0.1) is 12.7 Å². The Labute approximate surface area is 129 Å². The van der Waals surface area contributed by atoms with Gasteiger partial charge >= 0.3 is 5.97 Å². The minimum Gasteiger partial charge on any atom is -0.465 e. The minimum absolute atomic E-state index is 0.314. The molecule has 0 saturated heterocycles. The lowest BCUT2D eigenvalue weighted by Gasteiger charge is -2.18. The van der Waals surface area contributed by atoms with E-state index in [1.165, 1.54) is 7.11 Å². The molecule has 3 rings (SSSR count). The van der Waals surface area contributed by atoms with Crippen LogP contribution in [0, 0.1) is 0 Å². The first-order valence-electron chi connectivity index (χ1n) is 7.13. The number of aromatic amines is 1. The molecule has 0 aliphatic heterocycles. The first-order chi connectivity index (χ1) is 10.7. The number of nitrogens with zero attached hydrogens (tertiary/aromatic N) is 1. The summed E-state index contributed by atoms with van der Waals surface area (Å²) in [5.41, 5.74) is 3.88. The molecule has 0 bridgehead atoms. The molecule has 4 heteroatoms. The molecule has 0 saturated carbocycles. The molecule has 1 heterocycles. The Balaban J connectivity index is 1.92. The molecule has 0 atom stereocenters. The van der Waals surface area contributed by atoms with Crippen molar-refractivity contribution in [3.05, 3.63) is 65.9 Å². The zero-order valence-corrected chi connectivity index (χ0v) is 12.7. The van der Waals surface area contributed by atoms with Crippen LogP contribution in [0.1, 0.15) is 15.9 Å². The number of ether oxygens (including phenoxy) is 1. The zero-order valence-electron chi connectivity index (χ0n) is 12.7. The van der Waals surface area contributed by atoms with Crippen molar-refractivity contribution in [3.8, 4) is 0 Å². The molecule has 4 nitrogen and oxygen atoms in total. The first-order valence-corrected chi connectivity index (χ1v) is 7.13. The van der Waals surface area contributed by atoms with Crippen LogP contribution in [-0.2, 0) is 11.3 Å². The molecular weight excluding hydrogens is 276 g/mol. The predicted octanol–water partition coefficient (Wildman–Crippen LogP) is 3.59. The average molecular weight is 294 g/mol. The molecule has 3 aromatic rings. The number of anilines is 1. The monoisotopic (exact) mass is 294 g/mol. The molecule has 22 heavy (non-hydrogen) atoms. The van der Waals surface area contributed by atoms with Crippen molar-refractivity contribution >= 4 is 22.6 Å². The summed E-state index contributed by atoms with van der Waals surface area (Å²) < 4.78 is 4.79. The molecule has 0 aliphatic rings. The van der Waals surface area contributed by atoms with Gasteiger partial charge in [-0.3, -0.25) is 0 Å². The van der Waals surface area contributed by atoms with Gasteiger partial charge in [0.15, 0.2) is 0 Å². The van der Waals surface area contributed by atoms with Gasteiger partial charge < -0.3 is 14.6 Å². The zero-order chi connectivity index (χ0) is 15.5. The molecule has 0 amide bonds. The number of aromatic nitrogens is 1. The van der Waals surface area contributed by atoms with Crippen molar-refractivity contribution in [2.45, 2.75) is 6.54 Å². The van der Waals surface area contributed by atoms with Crippen molar-refractivity contribution in [2.24, 2.45) is 0 Å². The van der Waals surface area contributed by atoms with Gasteiger partial charge in [-0.1, -0.05) is 18.2 Å². The number of carbonyl (C=O) groups is 1. The predicted molar refractivity (Wildman–Crippen MR) is 88.2 cm³/mol. The van der Waals surface area contributed by atoms with Crippen LogP contribution in [0.3, 0.4) is 0 Å². The lowest BCUT2D eigenvalue weighted by Crippen LogP contribution is -2.15. The third kappa shape index (κ3) is 2.68. The molecule has 0 radical (unpaired) electrons. The van der Waals surface area contributed by atoms with E-state index in [0.29, 0.717) is 5.56 Å². The van der Waals surface area contributed by atoms with E-state index in [4.69, 9.17) is 4.74 Å². The van der Waals surface area contributed by atoms with Gasteiger partial charge in [-0.2, -0.15) is 0 Å². The molecule has 112 valence electrons.